The lowest BCUT2D eigenvalue weighted by molar-refractivity contribution is -0.522. The van der Waals surface area contributed by atoms with Crippen LogP contribution in [0, 0.1) is 5.92 Å². The Bertz CT molecular complexity index is 519. The van der Waals surface area contributed by atoms with Gasteiger partial charge in [-0.1, -0.05) is 0 Å². The topological polar surface area (TPSA) is 162 Å². The number of aliphatic hydroxyl groups excluding tert-OH is 3. The summed E-state index contributed by atoms with van der Waals surface area (Å²) in [6, 6.07) is -0.475. The van der Waals surface area contributed by atoms with E-state index < -0.39 is 54.1 Å². The van der Waals surface area contributed by atoms with Crippen LogP contribution < -0.4 is 16.4 Å². The molecular weight excluding hydrogens is 284 g/mol. The van der Waals surface area contributed by atoms with Crippen molar-refractivity contribution in [3.63, 3.8) is 0 Å². The van der Waals surface area contributed by atoms with E-state index in [4.69, 9.17) is 15.2 Å². The number of rotatable bonds is 1. The number of nitrogens with one attached hydrogen (secondary N) is 2. The van der Waals surface area contributed by atoms with Gasteiger partial charge in [-0.3, -0.25) is 0 Å². The van der Waals surface area contributed by atoms with E-state index in [1.54, 1.807) is 7.05 Å². The van der Waals surface area contributed by atoms with Gasteiger partial charge in [-0.15, -0.1) is 0 Å². The Morgan fingerprint density at radius 1 is 1.29 bits per heavy atom. The van der Waals surface area contributed by atoms with Gasteiger partial charge in [0.05, 0.1) is 18.1 Å². The van der Waals surface area contributed by atoms with Crippen LogP contribution in [0.25, 0.3) is 0 Å². The van der Waals surface area contributed by atoms with Gasteiger partial charge in [-0.05, 0) is 7.05 Å². The van der Waals surface area contributed by atoms with Gasteiger partial charge in [-0.2, -0.15) is 0 Å². The molecule has 9 atom stereocenters. The second-order valence-electron chi connectivity index (χ2n) is 5.97. The zero-order valence-electron chi connectivity index (χ0n) is 11.2. The highest BCUT2D eigenvalue weighted by Crippen LogP contribution is 2.55. The minimum Gasteiger partial charge on any atom is -0.388 e. The summed E-state index contributed by atoms with van der Waals surface area (Å²) in [5.74, 6) is -3.18. The van der Waals surface area contributed by atoms with Gasteiger partial charge in [0.1, 0.15) is 17.7 Å². The van der Waals surface area contributed by atoms with Crippen molar-refractivity contribution in [1.82, 2.24) is 10.6 Å². The normalized spacial score (nSPS) is 61.2. The molecule has 4 fully saturated rings. The van der Waals surface area contributed by atoms with Crippen LogP contribution in [-0.2, 0) is 9.47 Å². The van der Waals surface area contributed by atoms with E-state index in [0.29, 0.717) is 0 Å². The molecule has 8 N–H and O–H groups in total. The maximum atomic E-state index is 10.7. The summed E-state index contributed by atoms with van der Waals surface area (Å²) in [6.45, 7) is 0. The first-order chi connectivity index (χ1) is 9.85. The molecule has 5 aliphatic rings. The number of guanidine groups is 1. The van der Waals surface area contributed by atoms with Crippen LogP contribution in [0.2, 0.25) is 0 Å². The van der Waals surface area contributed by atoms with Gasteiger partial charge in [0.15, 0.2) is 18.3 Å². The van der Waals surface area contributed by atoms with Crippen molar-refractivity contribution in [2.75, 3.05) is 7.05 Å². The first-order valence-corrected chi connectivity index (χ1v) is 6.76. The number of nitrogens with zero attached hydrogens (tertiary/aromatic N) is 1. The van der Waals surface area contributed by atoms with Crippen molar-refractivity contribution >= 4 is 5.96 Å². The maximum absolute atomic E-state index is 10.7. The van der Waals surface area contributed by atoms with Crippen LogP contribution in [0.1, 0.15) is 0 Å². The minimum absolute atomic E-state index is 0.122. The number of hydrogen-bond donors (Lipinski definition) is 7. The molecule has 3 saturated heterocycles. The Labute approximate surface area is 119 Å². The summed E-state index contributed by atoms with van der Waals surface area (Å²) >= 11 is 0. The predicted molar refractivity (Wildman–Crippen MR) is 66.5 cm³/mol. The molecule has 1 saturated carbocycles. The van der Waals surface area contributed by atoms with Crippen LogP contribution in [0.3, 0.4) is 0 Å². The second kappa shape index (κ2) is 3.84. The predicted octanol–water partition coefficient (Wildman–Crippen LogP) is -4.66. The molecule has 0 amide bonds. The number of ether oxygens (including phenoxy) is 2. The van der Waals surface area contributed by atoms with Crippen LogP contribution in [0.5, 0.6) is 0 Å². The smallest absolute Gasteiger partial charge is 0.311 e. The van der Waals surface area contributed by atoms with Crippen LogP contribution in [0.4, 0.5) is 0 Å². The number of aliphatic imine (C=N–C) groups is 1. The fourth-order valence-corrected chi connectivity index (χ4v) is 4.27. The Morgan fingerprint density at radius 2 is 1.95 bits per heavy atom. The molecule has 0 radical (unpaired) electrons. The van der Waals surface area contributed by atoms with E-state index in [1.807, 2.05) is 0 Å². The van der Waals surface area contributed by atoms with E-state index in [2.05, 4.69) is 15.6 Å². The standard InChI is InChI=1S/C11H18N4O6/c1-13-3-4-2-7(17)14-9(12)15-10(2)6(16)5(3)21-11(19,20-4)8(10)18/h2-8,13,16-19H,1H3,(H3,12,14,15). The van der Waals surface area contributed by atoms with E-state index in [-0.39, 0.29) is 5.96 Å². The molecule has 1 aliphatic carbocycles. The van der Waals surface area contributed by atoms with E-state index >= 15 is 0 Å². The first kappa shape index (κ1) is 13.6. The van der Waals surface area contributed by atoms with E-state index in [0.717, 1.165) is 0 Å². The molecule has 118 valence electrons. The van der Waals surface area contributed by atoms with Crippen LogP contribution in [-0.4, -0.2) is 81.6 Å². The highest BCUT2D eigenvalue weighted by atomic mass is 16.8. The Hall–Kier alpha value is -1.01. The zero-order chi connectivity index (χ0) is 15.2. The lowest BCUT2D eigenvalue weighted by Crippen LogP contribution is -2.93. The molecule has 4 aliphatic heterocycles. The van der Waals surface area contributed by atoms with Crippen molar-refractivity contribution in [2.24, 2.45) is 16.6 Å². The average Bonchev–Trinajstić information content (AvgIpc) is 2.41. The maximum Gasteiger partial charge on any atom is 0.311 e. The molecule has 0 aromatic carbocycles. The van der Waals surface area contributed by atoms with Gasteiger partial charge in [0.2, 0.25) is 0 Å². The molecule has 1 spiro atoms. The van der Waals surface area contributed by atoms with Gasteiger partial charge >= 0.3 is 5.97 Å². The van der Waals surface area contributed by atoms with Gasteiger partial charge in [0, 0.05) is 0 Å². The molecule has 10 nitrogen and oxygen atoms in total. The third kappa shape index (κ3) is 1.34. The molecule has 0 aromatic rings. The third-order valence-electron chi connectivity index (χ3n) is 5.09. The number of nitrogens with two attached hydrogens (primary N) is 1. The average molecular weight is 302 g/mol. The molecule has 4 bridgehead atoms. The van der Waals surface area contributed by atoms with Crippen molar-refractivity contribution in [1.29, 1.82) is 0 Å². The van der Waals surface area contributed by atoms with Gasteiger partial charge in [0.25, 0.3) is 0 Å². The largest absolute Gasteiger partial charge is 0.388 e. The monoisotopic (exact) mass is 302 g/mol. The number of likely N-dealkylation sites (N-methyl/N-ethyl adjacent to an activating group) is 1. The summed E-state index contributed by atoms with van der Waals surface area (Å²) < 4.78 is 10.8. The summed E-state index contributed by atoms with van der Waals surface area (Å²) in [6.07, 6.45) is -5.69. The Kier molecular flexibility index (Phi) is 2.50. The SMILES string of the molecule is CNC1C2OC3(O)OC1C1C(O)N=C(N)NC1(C2O)C3O. The minimum atomic E-state index is -2.26. The second-order valence-corrected chi connectivity index (χ2v) is 5.97. The van der Waals surface area contributed by atoms with Crippen molar-refractivity contribution in [3.8, 4) is 0 Å². The van der Waals surface area contributed by atoms with Crippen LogP contribution >= 0.6 is 0 Å². The molecule has 10 heteroatoms. The van der Waals surface area contributed by atoms with Crippen LogP contribution in [0.15, 0.2) is 4.99 Å². The highest BCUT2D eigenvalue weighted by molar-refractivity contribution is 5.80. The third-order valence-corrected chi connectivity index (χ3v) is 5.09. The summed E-state index contributed by atoms with van der Waals surface area (Å²) in [5, 5.41) is 47.4. The van der Waals surface area contributed by atoms with E-state index in [9.17, 15) is 20.4 Å². The molecule has 9 unspecified atom stereocenters. The van der Waals surface area contributed by atoms with Crippen molar-refractivity contribution in [3.05, 3.63) is 0 Å². The van der Waals surface area contributed by atoms with Crippen molar-refractivity contribution in [2.45, 2.75) is 48.2 Å². The lowest BCUT2D eigenvalue weighted by atomic mass is 9.58. The Balaban J connectivity index is 1.91. The summed E-state index contributed by atoms with van der Waals surface area (Å²) in [7, 11) is 1.65. The first-order valence-electron chi connectivity index (χ1n) is 6.76. The molecular formula is C11H18N4O6. The molecule has 5 rings (SSSR count). The summed E-state index contributed by atoms with van der Waals surface area (Å²) in [5.41, 5.74) is 4.15. The fraction of sp³-hybridized carbons (Fsp3) is 0.909. The van der Waals surface area contributed by atoms with Gasteiger partial charge < -0.3 is 46.3 Å². The molecule has 0 aromatic heterocycles. The zero-order valence-corrected chi connectivity index (χ0v) is 11.2. The van der Waals surface area contributed by atoms with E-state index in [1.165, 1.54) is 0 Å². The fourth-order valence-electron chi connectivity index (χ4n) is 4.27. The summed E-state index contributed by atoms with van der Waals surface area (Å²) in [4.78, 5) is 3.83. The van der Waals surface area contributed by atoms with Gasteiger partial charge in [-0.25, -0.2) is 4.99 Å². The number of hydrogen-bond acceptors (Lipinski definition) is 10. The Morgan fingerprint density at radius 3 is 2.62 bits per heavy atom. The quantitative estimate of drug-likeness (QED) is 0.252. The highest BCUT2D eigenvalue weighted by Gasteiger charge is 2.79. The molecule has 4 heterocycles. The number of aliphatic hydroxyl groups is 4. The van der Waals surface area contributed by atoms with Crippen molar-refractivity contribution < 1.29 is 29.9 Å². The lowest BCUT2D eigenvalue weighted by Gasteiger charge is -2.69. The molecule has 21 heavy (non-hydrogen) atoms.